The van der Waals surface area contributed by atoms with E-state index in [1.165, 1.54) is 289 Å². The Hall–Kier alpha value is -1.94. The minimum Gasteiger partial charge on any atom is -0.462 e. The first-order chi connectivity index (χ1) is 51.5. The molecule has 0 amide bonds. The molecule has 19 heteroatoms. The number of ether oxygens (including phenoxy) is 4. The van der Waals surface area contributed by atoms with E-state index in [1.54, 1.807) is 0 Å². The topological polar surface area (TPSA) is 237 Å². The molecule has 0 aromatic heterocycles. The lowest BCUT2D eigenvalue weighted by Gasteiger charge is -2.21. The summed E-state index contributed by atoms with van der Waals surface area (Å²) >= 11 is 0. The van der Waals surface area contributed by atoms with E-state index in [0.717, 1.165) is 96.3 Å². The van der Waals surface area contributed by atoms with E-state index >= 15 is 0 Å². The molecule has 5 atom stereocenters. The van der Waals surface area contributed by atoms with Crippen molar-refractivity contribution in [1.82, 2.24) is 0 Å². The molecule has 0 radical (unpaired) electrons. The number of carbonyl (C=O) groups excluding carboxylic acids is 4. The Labute approximate surface area is 651 Å². The van der Waals surface area contributed by atoms with Gasteiger partial charge in [-0.15, -0.1) is 0 Å². The number of unbranched alkanes of at least 4 members (excludes halogenated alkanes) is 59. The standard InChI is InChI=1S/C87H170O17P2/c1-6-9-12-15-18-21-24-27-30-32-34-35-36-38-40-43-46-49-52-57-63-68-73-86(91)103-82(76-97-84(89)70-65-60-55-50-47-44-42-39-37-33-31-28-25-22-19-16-13-10-7-2)78-101-105(93,94)99-74-81(88)75-100-106(95,96)102-79-83(77-98-85(90)71-66-61-58-53-54-59-64-69-80(4)5)104-87(92)72-67-62-56-51-48-45-41-29-26-23-20-17-14-11-8-3/h80-83,88H,6-79H2,1-5H3,(H,93,94)(H,95,96)/t81-,82-,83-/m1/s1. The number of rotatable bonds is 87. The normalized spacial score (nSPS) is 13.7. The van der Waals surface area contributed by atoms with Crippen LogP contribution in [-0.2, 0) is 65.4 Å². The van der Waals surface area contributed by atoms with Crippen LogP contribution in [0.2, 0.25) is 0 Å². The molecule has 0 fully saturated rings. The molecule has 2 unspecified atom stereocenters. The summed E-state index contributed by atoms with van der Waals surface area (Å²) in [6.45, 7) is 7.31. The Balaban J connectivity index is 5.21. The molecule has 630 valence electrons. The molecule has 0 aromatic rings. The molecule has 0 aliphatic heterocycles. The second kappa shape index (κ2) is 79.7. The summed E-state index contributed by atoms with van der Waals surface area (Å²) in [4.78, 5) is 73.2. The lowest BCUT2D eigenvalue weighted by Crippen LogP contribution is -2.30. The summed E-state index contributed by atoms with van der Waals surface area (Å²) in [5.74, 6) is -1.40. The molecule has 17 nitrogen and oxygen atoms in total. The fourth-order valence-electron chi connectivity index (χ4n) is 13.6. The highest BCUT2D eigenvalue weighted by atomic mass is 31.2. The predicted octanol–water partition coefficient (Wildman–Crippen LogP) is 26.8. The van der Waals surface area contributed by atoms with Gasteiger partial charge in [0.15, 0.2) is 12.2 Å². The molecular formula is C87H170O17P2. The van der Waals surface area contributed by atoms with Gasteiger partial charge in [-0.25, -0.2) is 9.13 Å². The van der Waals surface area contributed by atoms with Crippen molar-refractivity contribution in [2.24, 2.45) is 5.92 Å². The maximum absolute atomic E-state index is 13.2. The third-order valence-corrected chi connectivity index (χ3v) is 22.4. The summed E-state index contributed by atoms with van der Waals surface area (Å²) in [7, 11) is -9.93. The number of aliphatic hydroxyl groups is 1. The Kier molecular flexibility index (Phi) is 78.2. The minimum absolute atomic E-state index is 0.108. The molecule has 0 aromatic carbocycles. The van der Waals surface area contributed by atoms with Gasteiger partial charge >= 0.3 is 39.5 Å². The minimum atomic E-state index is -4.97. The van der Waals surface area contributed by atoms with Crippen molar-refractivity contribution in [3.63, 3.8) is 0 Å². The highest BCUT2D eigenvalue weighted by Crippen LogP contribution is 2.45. The SMILES string of the molecule is CCCCCCCCCCCCCCCCCCCCCCCCC(=O)O[C@H](COC(=O)CCCCCCCCCCCCCCCCCCCCC)COP(=O)(O)OC[C@@H](O)COP(=O)(O)OC[C@@H](COC(=O)CCCCCCCCCC(C)C)OC(=O)CCCCCCCCCCCCCCCCC. The van der Waals surface area contributed by atoms with Crippen molar-refractivity contribution in [3.8, 4) is 0 Å². The maximum Gasteiger partial charge on any atom is 0.472 e. The molecule has 0 bridgehead atoms. The zero-order valence-electron chi connectivity index (χ0n) is 69.6. The molecule has 0 heterocycles. The van der Waals surface area contributed by atoms with Crippen LogP contribution in [-0.4, -0.2) is 96.7 Å². The Morgan fingerprint density at radius 1 is 0.255 bits per heavy atom. The van der Waals surface area contributed by atoms with Crippen LogP contribution in [0.15, 0.2) is 0 Å². The van der Waals surface area contributed by atoms with Gasteiger partial charge in [-0.3, -0.25) is 37.3 Å². The lowest BCUT2D eigenvalue weighted by molar-refractivity contribution is -0.161. The van der Waals surface area contributed by atoms with Crippen molar-refractivity contribution in [2.45, 2.75) is 490 Å². The number of carbonyl (C=O) groups is 4. The molecule has 0 aliphatic carbocycles. The van der Waals surface area contributed by atoms with E-state index in [9.17, 15) is 43.2 Å². The number of hydrogen-bond acceptors (Lipinski definition) is 15. The molecule has 0 saturated carbocycles. The van der Waals surface area contributed by atoms with Gasteiger partial charge in [-0.05, 0) is 31.6 Å². The van der Waals surface area contributed by atoms with Gasteiger partial charge in [0.2, 0.25) is 0 Å². The third-order valence-electron chi connectivity index (χ3n) is 20.5. The van der Waals surface area contributed by atoms with Crippen LogP contribution in [0.5, 0.6) is 0 Å². The lowest BCUT2D eigenvalue weighted by atomic mass is 10.0. The summed E-state index contributed by atoms with van der Waals surface area (Å²) in [5.41, 5.74) is 0. The number of aliphatic hydroxyl groups excluding tert-OH is 1. The summed E-state index contributed by atoms with van der Waals surface area (Å²) in [5, 5.41) is 10.7. The van der Waals surface area contributed by atoms with Gasteiger partial charge in [-0.2, -0.15) is 0 Å². The van der Waals surface area contributed by atoms with E-state index in [1.807, 2.05) is 0 Å². The molecular weight excluding hydrogens is 1380 g/mol. The fraction of sp³-hybridized carbons (Fsp3) is 0.954. The van der Waals surface area contributed by atoms with E-state index < -0.39 is 97.5 Å². The average Bonchev–Trinajstić information content (AvgIpc) is 0.902. The predicted molar refractivity (Wildman–Crippen MR) is 437 cm³/mol. The van der Waals surface area contributed by atoms with Crippen LogP contribution in [0.1, 0.15) is 471 Å². The molecule has 0 aliphatic rings. The Morgan fingerprint density at radius 2 is 0.434 bits per heavy atom. The fourth-order valence-corrected chi connectivity index (χ4v) is 15.2. The highest BCUT2D eigenvalue weighted by Gasteiger charge is 2.30. The number of phosphoric ester groups is 2. The second-order valence-corrected chi connectivity index (χ2v) is 34.7. The van der Waals surface area contributed by atoms with Crippen LogP contribution in [0, 0.1) is 5.92 Å². The third kappa shape index (κ3) is 80.1. The number of esters is 4. The van der Waals surface area contributed by atoms with Crippen LogP contribution in [0.25, 0.3) is 0 Å². The van der Waals surface area contributed by atoms with Gasteiger partial charge in [-0.1, -0.05) is 420 Å². The van der Waals surface area contributed by atoms with Crippen LogP contribution < -0.4 is 0 Å². The molecule has 0 saturated heterocycles. The van der Waals surface area contributed by atoms with E-state index in [0.29, 0.717) is 31.6 Å². The molecule has 3 N–H and O–H groups in total. The summed E-state index contributed by atoms with van der Waals surface area (Å²) in [6, 6.07) is 0. The van der Waals surface area contributed by atoms with Crippen molar-refractivity contribution < 1.29 is 80.2 Å². The monoisotopic (exact) mass is 1550 g/mol. The number of phosphoric acid groups is 2. The van der Waals surface area contributed by atoms with Crippen LogP contribution in [0.4, 0.5) is 0 Å². The van der Waals surface area contributed by atoms with E-state index in [2.05, 4.69) is 34.6 Å². The van der Waals surface area contributed by atoms with Gasteiger partial charge in [0.05, 0.1) is 26.4 Å². The van der Waals surface area contributed by atoms with Gasteiger partial charge in [0.1, 0.15) is 19.3 Å². The first-order valence-corrected chi connectivity index (χ1v) is 48.1. The van der Waals surface area contributed by atoms with Crippen molar-refractivity contribution in [2.75, 3.05) is 39.6 Å². The van der Waals surface area contributed by atoms with Gasteiger partial charge in [0.25, 0.3) is 0 Å². The first kappa shape index (κ1) is 104. The number of hydrogen-bond donors (Lipinski definition) is 3. The Morgan fingerprint density at radius 3 is 0.642 bits per heavy atom. The van der Waals surface area contributed by atoms with E-state index in [-0.39, 0.29) is 25.7 Å². The highest BCUT2D eigenvalue weighted by molar-refractivity contribution is 7.47. The zero-order valence-corrected chi connectivity index (χ0v) is 71.4. The quantitative estimate of drug-likeness (QED) is 0.0222. The molecule has 0 rings (SSSR count). The van der Waals surface area contributed by atoms with E-state index in [4.69, 9.17) is 37.0 Å². The maximum atomic E-state index is 13.2. The smallest absolute Gasteiger partial charge is 0.462 e. The van der Waals surface area contributed by atoms with Crippen molar-refractivity contribution in [3.05, 3.63) is 0 Å². The molecule has 106 heavy (non-hydrogen) atoms. The van der Waals surface area contributed by atoms with Crippen molar-refractivity contribution >= 4 is 39.5 Å². The van der Waals surface area contributed by atoms with Crippen molar-refractivity contribution in [1.29, 1.82) is 0 Å². The zero-order chi connectivity index (χ0) is 77.6. The van der Waals surface area contributed by atoms with Crippen LogP contribution >= 0.6 is 15.6 Å². The second-order valence-electron chi connectivity index (χ2n) is 31.8. The van der Waals surface area contributed by atoms with Gasteiger partial charge < -0.3 is 33.8 Å². The Bertz CT molecular complexity index is 2010. The van der Waals surface area contributed by atoms with Gasteiger partial charge in [0, 0.05) is 25.7 Å². The first-order valence-electron chi connectivity index (χ1n) is 45.1. The average molecular weight is 1550 g/mol. The molecule has 0 spiro atoms. The summed E-state index contributed by atoms with van der Waals surface area (Å²) < 4.78 is 68.9. The summed E-state index contributed by atoms with van der Waals surface area (Å²) in [6.07, 6.45) is 73.8. The van der Waals surface area contributed by atoms with Crippen LogP contribution in [0.3, 0.4) is 0 Å². The largest absolute Gasteiger partial charge is 0.472 e.